The molecule has 88 valence electrons. The molecule has 1 aliphatic rings. The topological polar surface area (TPSA) is 29.3 Å². The molecule has 2 unspecified atom stereocenters. The molecule has 1 heterocycles. The van der Waals surface area contributed by atoms with Gasteiger partial charge in [0, 0.05) is 29.3 Å². The van der Waals surface area contributed by atoms with Crippen LogP contribution in [0.15, 0.2) is 22.7 Å². The Morgan fingerprint density at radius 3 is 2.75 bits per heavy atom. The Balaban J connectivity index is 2.35. The lowest BCUT2D eigenvalue weighted by atomic mass is 10.1. The maximum atomic E-state index is 5.81. The maximum absolute atomic E-state index is 5.81. The zero-order chi connectivity index (χ0) is 11.7. The van der Waals surface area contributed by atoms with E-state index in [-0.39, 0.29) is 0 Å². The first kappa shape index (κ1) is 11.9. The zero-order valence-corrected chi connectivity index (χ0v) is 11.5. The Morgan fingerprint density at radius 1 is 1.44 bits per heavy atom. The average molecular weight is 283 g/mol. The third-order valence-corrected chi connectivity index (χ3v) is 3.85. The quantitative estimate of drug-likeness (QED) is 0.903. The average Bonchev–Trinajstić information content (AvgIpc) is 2.57. The lowest BCUT2D eigenvalue weighted by molar-refractivity contribution is 0.625. The molecule has 1 fully saturated rings. The van der Waals surface area contributed by atoms with Crippen molar-refractivity contribution in [2.45, 2.75) is 32.9 Å². The molecular formula is C13H19BrN2. The fourth-order valence-electron chi connectivity index (χ4n) is 2.61. The van der Waals surface area contributed by atoms with Gasteiger partial charge in [-0.25, -0.2) is 0 Å². The standard InChI is InChI=1S/C13H19BrN2/c1-9-5-10(2)16(8-9)13-6-12(14)4-3-11(13)7-15/h3-4,6,9-10H,5,7-8,15H2,1-2H3. The molecule has 1 aliphatic heterocycles. The fraction of sp³-hybridized carbons (Fsp3) is 0.538. The van der Waals surface area contributed by atoms with E-state index in [9.17, 15) is 0 Å². The monoisotopic (exact) mass is 282 g/mol. The summed E-state index contributed by atoms with van der Waals surface area (Å²) in [6.45, 7) is 6.37. The number of hydrogen-bond donors (Lipinski definition) is 1. The molecule has 0 aliphatic carbocycles. The maximum Gasteiger partial charge on any atom is 0.0425 e. The van der Waals surface area contributed by atoms with E-state index in [0.29, 0.717) is 12.6 Å². The summed E-state index contributed by atoms with van der Waals surface area (Å²) in [7, 11) is 0. The smallest absolute Gasteiger partial charge is 0.0425 e. The van der Waals surface area contributed by atoms with Gasteiger partial charge in [0.1, 0.15) is 0 Å². The summed E-state index contributed by atoms with van der Waals surface area (Å²) < 4.78 is 1.13. The van der Waals surface area contributed by atoms with Gasteiger partial charge in [-0.2, -0.15) is 0 Å². The van der Waals surface area contributed by atoms with Crippen LogP contribution in [0.25, 0.3) is 0 Å². The second-order valence-corrected chi connectivity index (χ2v) is 5.74. The molecule has 0 saturated carbocycles. The first-order chi connectivity index (χ1) is 7.61. The Morgan fingerprint density at radius 2 is 2.19 bits per heavy atom. The number of benzene rings is 1. The van der Waals surface area contributed by atoms with Gasteiger partial charge in [-0.05, 0) is 37.0 Å². The number of halogens is 1. The van der Waals surface area contributed by atoms with Crippen molar-refractivity contribution >= 4 is 21.6 Å². The van der Waals surface area contributed by atoms with Gasteiger partial charge in [0.05, 0.1) is 0 Å². The van der Waals surface area contributed by atoms with Gasteiger partial charge in [-0.3, -0.25) is 0 Å². The van der Waals surface area contributed by atoms with Crippen molar-refractivity contribution in [3.63, 3.8) is 0 Å². The molecule has 1 aromatic rings. The van der Waals surface area contributed by atoms with Gasteiger partial charge >= 0.3 is 0 Å². The third kappa shape index (κ3) is 2.25. The molecule has 1 aromatic carbocycles. The molecule has 0 amide bonds. The van der Waals surface area contributed by atoms with Crippen LogP contribution < -0.4 is 10.6 Å². The molecule has 2 nitrogen and oxygen atoms in total. The predicted molar refractivity (Wildman–Crippen MR) is 72.6 cm³/mol. The first-order valence-corrected chi connectivity index (χ1v) is 6.66. The number of nitrogens with two attached hydrogens (primary N) is 1. The molecule has 1 saturated heterocycles. The van der Waals surface area contributed by atoms with Crippen molar-refractivity contribution in [3.8, 4) is 0 Å². The van der Waals surface area contributed by atoms with Crippen molar-refractivity contribution in [1.82, 2.24) is 0 Å². The second kappa shape index (κ2) is 4.76. The number of nitrogens with zero attached hydrogens (tertiary/aromatic N) is 1. The summed E-state index contributed by atoms with van der Waals surface area (Å²) in [5, 5.41) is 0. The van der Waals surface area contributed by atoms with E-state index in [4.69, 9.17) is 5.73 Å². The first-order valence-electron chi connectivity index (χ1n) is 5.87. The van der Waals surface area contributed by atoms with Gasteiger partial charge in [-0.1, -0.05) is 28.9 Å². The van der Waals surface area contributed by atoms with Gasteiger partial charge in [-0.15, -0.1) is 0 Å². The Labute approximate surface area is 106 Å². The number of hydrogen-bond acceptors (Lipinski definition) is 2. The van der Waals surface area contributed by atoms with Crippen LogP contribution in [0.5, 0.6) is 0 Å². The predicted octanol–water partition coefficient (Wildman–Crippen LogP) is 3.14. The van der Waals surface area contributed by atoms with Crippen molar-refractivity contribution in [3.05, 3.63) is 28.2 Å². The molecular weight excluding hydrogens is 264 g/mol. The molecule has 16 heavy (non-hydrogen) atoms. The van der Waals surface area contributed by atoms with Gasteiger partial charge < -0.3 is 10.6 Å². The molecule has 2 N–H and O–H groups in total. The molecule has 2 atom stereocenters. The van der Waals surface area contributed by atoms with Crippen LogP contribution in [0.2, 0.25) is 0 Å². The van der Waals surface area contributed by atoms with Crippen LogP contribution >= 0.6 is 15.9 Å². The lowest BCUT2D eigenvalue weighted by Gasteiger charge is -2.26. The van der Waals surface area contributed by atoms with E-state index < -0.39 is 0 Å². The van der Waals surface area contributed by atoms with Crippen molar-refractivity contribution in [2.24, 2.45) is 11.7 Å². The second-order valence-electron chi connectivity index (χ2n) is 4.82. The molecule has 0 spiro atoms. The highest BCUT2D eigenvalue weighted by Gasteiger charge is 2.27. The third-order valence-electron chi connectivity index (χ3n) is 3.36. The summed E-state index contributed by atoms with van der Waals surface area (Å²) in [6, 6.07) is 7.00. The highest BCUT2D eigenvalue weighted by molar-refractivity contribution is 9.10. The lowest BCUT2D eigenvalue weighted by Crippen LogP contribution is -2.28. The van der Waals surface area contributed by atoms with Crippen LogP contribution in [0.3, 0.4) is 0 Å². The molecule has 0 aromatic heterocycles. The fourth-order valence-corrected chi connectivity index (χ4v) is 2.96. The van der Waals surface area contributed by atoms with E-state index in [0.717, 1.165) is 16.9 Å². The van der Waals surface area contributed by atoms with E-state index in [1.54, 1.807) is 0 Å². The molecule has 0 bridgehead atoms. The minimum absolute atomic E-state index is 0.611. The van der Waals surface area contributed by atoms with Crippen LogP contribution in [0, 0.1) is 5.92 Å². The Bertz CT molecular complexity index is 378. The minimum atomic E-state index is 0.611. The minimum Gasteiger partial charge on any atom is -0.368 e. The summed E-state index contributed by atoms with van der Waals surface area (Å²) in [6.07, 6.45) is 1.27. The van der Waals surface area contributed by atoms with Gasteiger partial charge in [0.15, 0.2) is 0 Å². The summed E-state index contributed by atoms with van der Waals surface area (Å²) >= 11 is 3.54. The number of rotatable bonds is 2. The highest BCUT2D eigenvalue weighted by Crippen LogP contribution is 2.32. The van der Waals surface area contributed by atoms with Crippen molar-refractivity contribution < 1.29 is 0 Å². The van der Waals surface area contributed by atoms with E-state index >= 15 is 0 Å². The molecule has 0 radical (unpaired) electrons. The van der Waals surface area contributed by atoms with Crippen molar-refractivity contribution in [1.29, 1.82) is 0 Å². The van der Waals surface area contributed by atoms with Crippen LogP contribution in [-0.4, -0.2) is 12.6 Å². The van der Waals surface area contributed by atoms with Crippen LogP contribution in [0.1, 0.15) is 25.8 Å². The van der Waals surface area contributed by atoms with Crippen molar-refractivity contribution in [2.75, 3.05) is 11.4 Å². The van der Waals surface area contributed by atoms with E-state index in [2.05, 4.69) is 52.9 Å². The largest absolute Gasteiger partial charge is 0.368 e. The zero-order valence-electron chi connectivity index (χ0n) is 9.91. The van der Waals surface area contributed by atoms with E-state index in [1.165, 1.54) is 17.7 Å². The van der Waals surface area contributed by atoms with Crippen LogP contribution in [-0.2, 0) is 6.54 Å². The summed E-state index contributed by atoms with van der Waals surface area (Å²) in [5.41, 5.74) is 8.35. The summed E-state index contributed by atoms with van der Waals surface area (Å²) in [4.78, 5) is 2.48. The SMILES string of the molecule is CC1CC(C)N(c2cc(Br)ccc2CN)C1. The van der Waals surface area contributed by atoms with E-state index in [1.807, 2.05) is 0 Å². The summed E-state index contributed by atoms with van der Waals surface area (Å²) in [5.74, 6) is 0.777. The van der Waals surface area contributed by atoms with Crippen LogP contribution in [0.4, 0.5) is 5.69 Å². The van der Waals surface area contributed by atoms with Gasteiger partial charge in [0.2, 0.25) is 0 Å². The Hall–Kier alpha value is -0.540. The normalized spacial score (nSPS) is 25.1. The molecule has 2 rings (SSSR count). The van der Waals surface area contributed by atoms with Gasteiger partial charge in [0.25, 0.3) is 0 Å². The Kier molecular flexibility index (Phi) is 3.55. The number of anilines is 1. The molecule has 3 heteroatoms. The highest BCUT2D eigenvalue weighted by atomic mass is 79.9.